The zero-order chi connectivity index (χ0) is 10.4. The molecule has 0 radical (unpaired) electrons. The average molecular weight is 232 g/mol. The first-order valence-corrected chi connectivity index (χ1v) is 6.83. The molecule has 0 unspecified atom stereocenters. The third-order valence-electron chi connectivity index (χ3n) is 2.72. The van der Waals surface area contributed by atoms with Crippen molar-refractivity contribution in [3.05, 3.63) is 34.0 Å². The highest BCUT2D eigenvalue weighted by molar-refractivity contribution is 7.21. The topological polar surface area (TPSA) is 0 Å². The molecule has 0 nitrogen and oxygen atoms in total. The molecule has 0 fully saturated rings. The number of aryl methyl sites for hydroxylation is 2. The predicted octanol–water partition coefficient (Wildman–Crippen LogP) is 4.99. The van der Waals surface area contributed by atoms with Crippen LogP contribution in [0.5, 0.6) is 0 Å². The first kappa shape index (κ1) is 9.37. The van der Waals surface area contributed by atoms with Gasteiger partial charge >= 0.3 is 0 Å². The van der Waals surface area contributed by atoms with Gasteiger partial charge in [0.1, 0.15) is 0 Å². The second-order valence-electron chi connectivity index (χ2n) is 3.81. The Morgan fingerprint density at radius 3 is 2.40 bits per heavy atom. The number of hydrogen-bond acceptors (Lipinski definition) is 2. The zero-order valence-corrected chi connectivity index (χ0v) is 10.5. The molecule has 0 saturated carbocycles. The van der Waals surface area contributed by atoms with E-state index in [9.17, 15) is 0 Å². The second kappa shape index (κ2) is 3.32. The fourth-order valence-electron chi connectivity index (χ4n) is 1.98. The van der Waals surface area contributed by atoms with Gasteiger partial charge < -0.3 is 0 Å². The van der Waals surface area contributed by atoms with Crippen LogP contribution in [0.4, 0.5) is 0 Å². The van der Waals surface area contributed by atoms with Crippen LogP contribution in [0.1, 0.15) is 16.7 Å². The van der Waals surface area contributed by atoms with Crippen molar-refractivity contribution < 1.29 is 0 Å². The first-order valence-electron chi connectivity index (χ1n) is 5.19. The van der Waals surface area contributed by atoms with Gasteiger partial charge in [-0.1, -0.05) is 6.92 Å². The van der Waals surface area contributed by atoms with Gasteiger partial charge in [-0.2, -0.15) is 0 Å². The lowest BCUT2D eigenvalue weighted by atomic mass is 10.1. The summed E-state index contributed by atoms with van der Waals surface area (Å²) in [6, 6.07) is 9.19. The minimum absolute atomic E-state index is 1.14. The summed E-state index contributed by atoms with van der Waals surface area (Å²) in [5, 5.41) is 2.88. The molecule has 15 heavy (non-hydrogen) atoms. The van der Waals surface area contributed by atoms with Crippen LogP contribution in [0.3, 0.4) is 0 Å². The minimum atomic E-state index is 1.14. The van der Waals surface area contributed by atoms with Crippen LogP contribution < -0.4 is 0 Å². The zero-order valence-electron chi connectivity index (χ0n) is 8.83. The van der Waals surface area contributed by atoms with E-state index in [1.54, 1.807) is 0 Å². The van der Waals surface area contributed by atoms with Crippen LogP contribution in [-0.2, 0) is 6.42 Å². The summed E-state index contributed by atoms with van der Waals surface area (Å²) in [6.45, 7) is 4.41. The van der Waals surface area contributed by atoms with E-state index in [0.717, 1.165) is 6.42 Å². The molecule has 0 amide bonds. The molecule has 1 aromatic carbocycles. The lowest BCUT2D eigenvalue weighted by molar-refractivity contribution is 1.19. The van der Waals surface area contributed by atoms with Gasteiger partial charge in [-0.05, 0) is 37.6 Å². The summed E-state index contributed by atoms with van der Waals surface area (Å²) >= 11 is 3.81. The van der Waals surface area contributed by atoms with E-state index in [4.69, 9.17) is 0 Å². The van der Waals surface area contributed by atoms with Crippen molar-refractivity contribution in [1.82, 2.24) is 0 Å². The highest BCUT2D eigenvalue weighted by atomic mass is 32.1. The number of fused-ring (bicyclic) bond motifs is 3. The lowest BCUT2D eigenvalue weighted by Gasteiger charge is -1.90. The molecule has 76 valence electrons. The highest BCUT2D eigenvalue weighted by Crippen LogP contribution is 2.35. The van der Waals surface area contributed by atoms with Gasteiger partial charge in [0, 0.05) is 29.9 Å². The standard InChI is InChI=1S/C13H12S2/c1-3-9-7-11-10-6-8(2)14-12(10)4-5-13(11)15-9/h4-7H,3H2,1-2H3. The molecule has 0 N–H and O–H groups in total. The van der Waals surface area contributed by atoms with Crippen molar-refractivity contribution in [1.29, 1.82) is 0 Å². The molecule has 0 aliphatic rings. The number of hydrogen-bond donors (Lipinski definition) is 0. The summed E-state index contributed by atoms with van der Waals surface area (Å²) in [7, 11) is 0. The molecule has 0 saturated heterocycles. The Morgan fingerprint density at radius 2 is 1.67 bits per heavy atom. The fraction of sp³-hybridized carbons (Fsp3) is 0.231. The van der Waals surface area contributed by atoms with Crippen molar-refractivity contribution in [2.45, 2.75) is 20.3 Å². The maximum absolute atomic E-state index is 2.36. The van der Waals surface area contributed by atoms with E-state index < -0.39 is 0 Å². The summed E-state index contributed by atoms with van der Waals surface area (Å²) in [5.74, 6) is 0. The molecule has 0 aliphatic carbocycles. The van der Waals surface area contributed by atoms with Gasteiger partial charge in [-0.15, -0.1) is 22.7 Å². The van der Waals surface area contributed by atoms with Crippen molar-refractivity contribution in [3.8, 4) is 0 Å². The molecule has 2 heterocycles. The molecule has 2 aromatic heterocycles. The van der Waals surface area contributed by atoms with Crippen molar-refractivity contribution >= 4 is 42.8 Å². The molecule has 3 aromatic rings. The first-order chi connectivity index (χ1) is 7.28. The number of benzene rings is 1. The molecule has 0 aliphatic heterocycles. The van der Waals surface area contributed by atoms with E-state index >= 15 is 0 Å². The Hall–Kier alpha value is -0.860. The molecular weight excluding hydrogens is 220 g/mol. The van der Waals surface area contributed by atoms with Crippen LogP contribution in [0, 0.1) is 6.92 Å². The van der Waals surface area contributed by atoms with Crippen LogP contribution in [0.15, 0.2) is 24.3 Å². The smallest absolute Gasteiger partial charge is 0.0352 e. The normalized spacial score (nSPS) is 11.6. The minimum Gasteiger partial charge on any atom is -0.141 e. The maximum atomic E-state index is 2.36. The highest BCUT2D eigenvalue weighted by Gasteiger charge is 2.06. The van der Waals surface area contributed by atoms with Crippen LogP contribution in [-0.4, -0.2) is 0 Å². The maximum Gasteiger partial charge on any atom is 0.0352 e. The van der Waals surface area contributed by atoms with Crippen molar-refractivity contribution in [3.63, 3.8) is 0 Å². The SMILES string of the molecule is CCc1cc2c(ccc3sc(C)cc32)s1. The van der Waals surface area contributed by atoms with Crippen molar-refractivity contribution in [2.24, 2.45) is 0 Å². The molecule has 2 heteroatoms. The Kier molecular flexibility index (Phi) is 2.08. The summed E-state index contributed by atoms with van der Waals surface area (Å²) in [6.07, 6.45) is 1.14. The summed E-state index contributed by atoms with van der Waals surface area (Å²) < 4.78 is 2.85. The van der Waals surface area contributed by atoms with E-state index in [1.165, 1.54) is 29.9 Å². The summed E-state index contributed by atoms with van der Waals surface area (Å²) in [5.41, 5.74) is 0. The Balaban J connectivity index is 2.46. The predicted molar refractivity (Wildman–Crippen MR) is 71.3 cm³/mol. The van der Waals surface area contributed by atoms with E-state index in [1.807, 2.05) is 22.7 Å². The fourth-order valence-corrected chi connectivity index (χ4v) is 3.94. The van der Waals surface area contributed by atoms with Gasteiger partial charge in [0.2, 0.25) is 0 Å². The van der Waals surface area contributed by atoms with Crippen LogP contribution >= 0.6 is 22.7 Å². The van der Waals surface area contributed by atoms with E-state index in [2.05, 4.69) is 38.1 Å². The van der Waals surface area contributed by atoms with Crippen LogP contribution in [0.2, 0.25) is 0 Å². The third-order valence-corrected chi connectivity index (χ3v) is 4.98. The third kappa shape index (κ3) is 1.40. The van der Waals surface area contributed by atoms with E-state index in [-0.39, 0.29) is 0 Å². The van der Waals surface area contributed by atoms with Gasteiger partial charge in [0.15, 0.2) is 0 Å². The lowest BCUT2D eigenvalue weighted by Crippen LogP contribution is -1.66. The summed E-state index contributed by atoms with van der Waals surface area (Å²) in [4.78, 5) is 2.89. The Labute approximate surface area is 97.2 Å². The van der Waals surface area contributed by atoms with Gasteiger partial charge in [0.05, 0.1) is 0 Å². The van der Waals surface area contributed by atoms with Crippen molar-refractivity contribution in [2.75, 3.05) is 0 Å². The molecule has 0 spiro atoms. The average Bonchev–Trinajstić information content (AvgIpc) is 2.78. The second-order valence-corrected chi connectivity index (χ2v) is 6.27. The molecule has 0 atom stereocenters. The Bertz CT molecular complexity index is 628. The van der Waals surface area contributed by atoms with E-state index in [0.29, 0.717) is 0 Å². The Morgan fingerprint density at radius 1 is 1.00 bits per heavy atom. The largest absolute Gasteiger partial charge is 0.141 e. The van der Waals surface area contributed by atoms with Gasteiger partial charge in [-0.25, -0.2) is 0 Å². The molecule has 3 rings (SSSR count). The number of rotatable bonds is 1. The van der Waals surface area contributed by atoms with Gasteiger partial charge in [-0.3, -0.25) is 0 Å². The van der Waals surface area contributed by atoms with Gasteiger partial charge in [0.25, 0.3) is 0 Å². The monoisotopic (exact) mass is 232 g/mol. The number of thiophene rings is 2. The molecular formula is C13H12S2. The quantitative estimate of drug-likeness (QED) is 0.554. The van der Waals surface area contributed by atoms with Crippen LogP contribution in [0.25, 0.3) is 20.2 Å². The molecule has 0 bridgehead atoms.